The SMILES string of the molecule is CCCNC(=O)CC(=O)c1ccc(OC)cc1. The number of ketones is 1. The molecular formula is C13H17NO3. The topological polar surface area (TPSA) is 55.4 Å². The molecule has 0 aliphatic carbocycles. The largest absolute Gasteiger partial charge is 0.497 e. The molecule has 17 heavy (non-hydrogen) atoms. The van der Waals surface area contributed by atoms with Gasteiger partial charge in [-0.05, 0) is 30.7 Å². The number of carbonyl (C=O) groups is 2. The lowest BCUT2D eigenvalue weighted by molar-refractivity contribution is -0.120. The van der Waals surface area contributed by atoms with Crippen LogP contribution in [0.3, 0.4) is 0 Å². The summed E-state index contributed by atoms with van der Waals surface area (Å²) in [6, 6.07) is 6.73. The molecule has 1 N–H and O–H groups in total. The van der Waals surface area contributed by atoms with Crippen LogP contribution in [0.1, 0.15) is 30.1 Å². The average Bonchev–Trinajstić information content (AvgIpc) is 2.36. The van der Waals surface area contributed by atoms with Crippen LogP contribution in [-0.2, 0) is 4.79 Å². The van der Waals surface area contributed by atoms with E-state index < -0.39 is 0 Å². The van der Waals surface area contributed by atoms with E-state index >= 15 is 0 Å². The highest BCUT2D eigenvalue weighted by Gasteiger charge is 2.11. The van der Waals surface area contributed by atoms with E-state index in [-0.39, 0.29) is 18.1 Å². The Balaban J connectivity index is 2.54. The molecule has 0 spiro atoms. The van der Waals surface area contributed by atoms with Gasteiger partial charge in [-0.1, -0.05) is 6.92 Å². The minimum atomic E-state index is -0.229. The lowest BCUT2D eigenvalue weighted by Crippen LogP contribution is -2.26. The second kappa shape index (κ2) is 6.68. The number of methoxy groups -OCH3 is 1. The molecule has 92 valence electrons. The Bertz CT molecular complexity index is 384. The number of hydrogen-bond acceptors (Lipinski definition) is 3. The maximum absolute atomic E-state index is 11.7. The van der Waals surface area contributed by atoms with Crippen molar-refractivity contribution in [1.82, 2.24) is 5.32 Å². The van der Waals surface area contributed by atoms with Gasteiger partial charge in [-0.15, -0.1) is 0 Å². The minimum Gasteiger partial charge on any atom is -0.497 e. The smallest absolute Gasteiger partial charge is 0.227 e. The van der Waals surface area contributed by atoms with Crippen molar-refractivity contribution in [1.29, 1.82) is 0 Å². The molecule has 0 radical (unpaired) electrons. The summed E-state index contributed by atoms with van der Waals surface area (Å²) in [5.74, 6) is 0.283. The standard InChI is InChI=1S/C13H17NO3/c1-3-8-14-13(16)9-12(15)10-4-6-11(17-2)7-5-10/h4-7H,3,8-9H2,1-2H3,(H,14,16). The van der Waals surface area contributed by atoms with Gasteiger partial charge in [0.15, 0.2) is 5.78 Å². The Morgan fingerprint density at radius 2 is 1.88 bits per heavy atom. The Kier molecular flexibility index (Phi) is 5.20. The second-order valence-electron chi connectivity index (χ2n) is 3.68. The molecule has 0 saturated carbocycles. The van der Waals surface area contributed by atoms with Crippen molar-refractivity contribution in [2.24, 2.45) is 0 Å². The predicted octanol–water partition coefficient (Wildman–Crippen LogP) is 1.79. The molecule has 0 saturated heterocycles. The monoisotopic (exact) mass is 235 g/mol. The zero-order valence-corrected chi connectivity index (χ0v) is 10.2. The van der Waals surface area contributed by atoms with Crippen molar-refractivity contribution < 1.29 is 14.3 Å². The first-order chi connectivity index (χ1) is 8.17. The number of rotatable bonds is 6. The van der Waals surface area contributed by atoms with E-state index in [4.69, 9.17) is 4.74 Å². The highest BCUT2D eigenvalue weighted by Crippen LogP contribution is 2.12. The summed E-state index contributed by atoms with van der Waals surface area (Å²) in [6.07, 6.45) is 0.759. The van der Waals surface area contributed by atoms with Crippen molar-refractivity contribution in [3.8, 4) is 5.75 Å². The lowest BCUT2D eigenvalue weighted by Gasteiger charge is -2.04. The van der Waals surface area contributed by atoms with Gasteiger partial charge in [-0.25, -0.2) is 0 Å². The molecule has 0 aromatic heterocycles. The Morgan fingerprint density at radius 1 is 1.24 bits per heavy atom. The highest BCUT2D eigenvalue weighted by atomic mass is 16.5. The fourth-order valence-corrected chi connectivity index (χ4v) is 1.35. The van der Waals surface area contributed by atoms with E-state index in [1.807, 2.05) is 6.92 Å². The van der Waals surface area contributed by atoms with Crippen molar-refractivity contribution in [2.75, 3.05) is 13.7 Å². The quantitative estimate of drug-likeness (QED) is 0.604. The Hall–Kier alpha value is -1.84. The molecule has 1 aromatic carbocycles. The fourth-order valence-electron chi connectivity index (χ4n) is 1.35. The lowest BCUT2D eigenvalue weighted by atomic mass is 10.1. The first-order valence-electron chi connectivity index (χ1n) is 5.61. The van der Waals surface area contributed by atoms with Gasteiger partial charge in [0.2, 0.25) is 5.91 Å². The summed E-state index contributed by atoms with van der Waals surface area (Å²) >= 11 is 0. The average molecular weight is 235 g/mol. The summed E-state index contributed by atoms with van der Waals surface area (Å²) in [6.45, 7) is 2.57. The molecule has 1 aromatic rings. The third-order valence-electron chi connectivity index (χ3n) is 2.31. The number of nitrogens with one attached hydrogen (secondary N) is 1. The number of carbonyl (C=O) groups excluding carboxylic acids is 2. The molecule has 0 aliphatic rings. The Morgan fingerprint density at radius 3 is 2.41 bits per heavy atom. The van der Waals surface area contributed by atoms with Crippen LogP contribution >= 0.6 is 0 Å². The molecule has 0 heterocycles. The van der Waals surface area contributed by atoms with Crippen molar-refractivity contribution in [3.05, 3.63) is 29.8 Å². The number of hydrogen-bond donors (Lipinski definition) is 1. The number of benzene rings is 1. The van der Waals surface area contributed by atoms with Gasteiger partial charge in [0.25, 0.3) is 0 Å². The predicted molar refractivity (Wildman–Crippen MR) is 65.2 cm³/mol. The molecule has 1 amide bonds. The maximum atomic E-state index is 11.7. The third-order valence-corrected chi connectivity index (χ3v) is 2.31. The van der Waals surface area contributed by atoms with Gasteiger partial charge in [0, 0.05) is 12.1 Å². The molecule has 0 atom stereocenters. The summed E-state index contributed by atoms with van der Waals surface area (Å²) < 4.78 is 4.99. The van der Waals surface area contributed by atoms with Crippen LogP contribution in [0.25, 0.3) is 0 Å². The van der Waals surface area contributed by atoms with Gasteiger partial charge in [-0.3, -0.25) is 9.59 Å². The number of ether oxygens (including phenoxy) is 1. The van der Waals surface area contributed by atoms with Gasteiger partial charge in [0.1, 0.15) is 5.75 Å². The molecule has 1 rings (SSSR count). The van der Waals surface area contributed by atoms with E-state index in [1.165, 1.54) is 0 Å². The minimum absolute atomic E-state index is 0.105. The third kappa shape index (κ3) is 4.26. The second-order valence-corrected chi connectivity index (χ2v) is 3.68. The van der Waals surface area contributed by atoms with Crippen LogP contribution in [0.15, 0.2) is 24.3 Å². The van der Waals surface area contributed by atoms with E-state index in [0.29, 0.717) is 17.9 Å². The van der Waals surface area contributed by atoms with Gasteiger partial charge >= 0.3 is 0 Å². The van der Waals surface area contributed by atoms with Crippen LogP contribution in [-0.4, -0.2) is 25.3 Å². The molecule has 0 bridgehead atoms. The Labute approximate surface area is 101 Å². The summed E-state index contributed by atoms with van der Waals surface area (Å²) in [5, 5.41) is 2.67. The molecular weight excluding hydrogens is 218 g/mol. The normalized spacial score (nSPS) is 9.76. The number of amides is 1. The van der Waals surface area contributed by atoms with E-state index in [0.717, 1.165) is 6.42 Å². The van der Waals surface area contributed by atoms with E-state index in [9.17, 15) is 9.59 Å². The maximum Gasteiger partial charge on any atom is 0.227 e. The zero-order valence-electron chi connectivity index (χ0n) is 10.2. The van der Waals surface area contributed by atoms with Gasteiger partial charge in [-0.2, -0.15) is 0 Å². The van der Waals surface area contributed by atoms with Crippen LogP contribution in [0.2, 0.25) is 0 Å². The molecule has 0 aliphatic heterocycles. The first kappa shape index (κ1) is 13.2. The molecule has 0 unspecified atom stereocenters. The summed E-state index contributed by atoms with van der Waals surface area (Å²) in [4.78, 5) is 23.1. The highest BCUT2D eigenvalue weighted by molar-refractivity contribution is 6.07. The summed E-state index contributed by atoms with van der Waals surface area (Å²) in [7, 11) is 1.56. The molecule has 4 heteroatoms. The van der Waals surface area contributed by atoms with Crippen LogP contribution in [0.5, 0.6) is 5.75 Å². The molecule has 4 nitrogen and oxygen atoms in total. The van der Waals surface area contributed by atoms with Crippen LogP contribution in [0, 0.1) is 0 Å². The van der Waals surface area contributed by atoms with Crippen molar-refractivity contribution in [3.63, 3.8) is 0 Å². The van der Waals surface area contributed by atoms with Gasteiger partial charge < -0.3 is 10.1 Å². The van der Waals surface area contributed by atoms with E-state index in [1.54, 1.807) is 31.4 Å². The van der Waals surface area contributed by atoms with Gasteiger partial charge in [0.05, 0.1) is 13.5 Å². The van der Waals surface area contributed by atoms with Crippen molar-refractivity contribution >= 4 is 11.7 Å². The van der Waals surface area contributed by atoms with Crippen LogP contribution < -0.4 is 10.1 Å². The molecule has 0 fully saturated rings. The zero-order chi connectivity index (χ0) is 12.7. The summed E-state index contributed by atoms with van der Waals surface area (Å²) in [5.41, 5.74) is 0.525. The van der Waals surface area contributed by atoms with Crippen LogP contribution in [0.4, 0.5) is 0 Å². The fraction of sp³-hybridized carbons (Fsp3) is 0.385. The van der Waals surface area contributed by atoms with E-state index in [2.05, 4.69) is 5.32 Å². The van der Waals surface area contributed by atoms with Crippen molar-refractivity contribution in [2.45, 2.75) is 19.8 Å². The number of Topliss-reactive ketones (excluding diaryl/α,β-unsaturated/α-hetero) is 1. The first-order valence-corrected chi connectivity index (χ1v) is 5.61.